The van der Waals surface area contributed by atoms with Crippen molar-refractivity contribution in [2.75, 3.05) is 0 Å². The molecular weight excluding hydrogens is 212 g/mol. The van der Waals surface area contributed by atoms with E-state index in [0.717, 1.165) is 17.0 Å². The highest BCUT2D eigenvalue weighted by atomic mass is 16.6. The molecule has 1 aliphatic rings. The van der Waals surface area contributed by atoms with Gasteiger partial charge in [0.05, 0.1) is 11.4 Å². The molecule has 0 saturated heterocycles. The van der Waals surface area contributed by atoms with Crippen molar-refractivity contribution in [3.8, 4) is 5.69 Å². The second-order valence-electron chi connectivity index (χ2n) is 4.37. The monoisotopic (exact) mass is 226 g/mol. The second-order valence-corrected chi connectivity index (χ2v) is 4.37. The van der Waals surface area contributed by atoms with Crippen LogP contribution >= 0.6 is 0 Å². The van der Waals surface area contributed by atoms with E-state index >= 15 is 0 Å². The SMILES string of the molecule is CC(C)ON=C1c2ccccc2-n2cccc21. The van der Waals surface area contributed by atoms with E-state index in [9.17, 15) is 0 Å². The zero-order valence-electron chi connectivity index (χ0n) is 9.92. The quantitative estimate of drug-likeness (QED) is 0.617. The van der Waals surface area contributed by atoms with Gasteiger partial charge >= 0.3 is 0 Å². The fourth-order valence-electron chi connectivity index (χ4n) is 2.06. The number of para-hydroxylation sites is 1. The summed E-state index contributed by atoms with van der Waals surface area (Å²) in [6.45, 7) is 3.95. The first-order chi connectivity index (χ1) is 8.27. The number of fused-ring (bicyclic) bond motifs is 3. The van der Waals surface area contributed by atoms with E-state index in [1.807, 2.05) is 38.2 Å². The summed E-state index contributed by atoms with van der Waals surface area (Å²) in [5.74, 6) is 0. The highest BCUT2D eigenvalue weighted by molar-refractivity contribution is 6.17. The predicted molar refractivity (Wildman–Crippen MR) is 67.6 cm³/mol. The molecule has 0 amide bonds. The third-order valence-electron chi connectivity index (χ3n) is 2.76. The number of nitrogens with zero attached hydrogens (tertiary/aromatic N) is 2. The van der Waals surface area contributed by atoms with Crippen molar-refractivity contribution >= 4 is 5.71 Å². The van der Waals surface area contributed by atoms with Gasteiger partial charge in [-0.05, 0) is 32.0 Å². The van der Waals surface area contributed by atoms with Crippen molar-refractivity contribution in [1.82, 2.24) is 4.57 Å². The minimum absolute atomic E-state index is 0.0960. The smallest absolute Gasteiger partial charge is 0.136 e. The van der Waals surface area contributed by atoms with Crippen LogP contribution < -0.4 is 0 Å². The summed E-state index contributed by atoms with van der Waals surface area (Å²) in [5.41, 5.74) is 4.30. The number of hydrogen-bond acceptors (Lipinski definition) is 2. The minimum Gasteiger partial charge on any atom is -0.393 e. The Morgan fingerprint density at radius 3 is 2.76 bits per heavy atom. The molecule has 1 aromatic heterocycles. The van der Waals surface area contributed by atoms with Crippen molar-refractivity contribution in [3.05, 3.63) is 53.9 Å². The Kier molecular flexibility index (Phi) is 2.25. The molecule has 3 nitrogen and oxygen atoms in total. The number of hydrogen-bond donors (Lipinski definition) is 0. The summed E-state index contributed by atoms with van der Waals surface area (Å²) in [5, 5.41) is 4.27. The fourth-order valence-corrected chi connectivity index (χ4v) is 2.06. The first-order valence-corrected chi connectivity index (χ1v) is 5.78. The van der Waals surface area contributed by atoms with Gasteiger partial charge in [0, 0.05) is 11.8 Å². The molecule has 17 heavy (non-hydrogen) atoms. The van der Waals surface area contributed by atoms with Gasteiger partial charge in [-0.25, -0.2) is 0 Å². The average Bonchev–Trinajstić information content (AvgIpc) is 2.87. The van der Waals surface area contributed by atoms with Crippen molar-refractivity contribution < 1.29 is 4.84 Å². The maximum Gasteiger partial charge on any atom is 0.136 e. The summed E-state index contributed by atoms with van der Waals surface area (Å²) in [6, 6.07) is 12.3. The molecule has 0 radical (unpaired) electrons. The van der Waals surface area contributed by atoms with E-state index in [1.165, 1.54) is 5.69 Å². The van der Waals surface area contributed by atoms with E-state index in [0.29, 0.717) is 0 Å². The first-order valence-electron chi connectivity index (χ1n) is 5.78. The van der Waals surface area contributed by atoms with E-state index < -0.39 is 0 Å². The average molecular weight is 226 g/mol. The lowest BCUT2D eigenvalue weighted by atomic mass is 10.1. The van der Waals surface area contributed by atoms with E-state index in [-0.39, 0.29) is 6.10 Å². The zero-order chi connectivity index (χ0) is 11.8. The topological polar surface area (TPSA) is 26.5 Å². The molecule has 0 N–H and O–H groups in total. The Morgan fingerprint density at radius 2 is 1.94 bits per heavy atom. The molecule has 2 heterocycles. The largest absolute Gasteiger partial charge is 0.393 e. The predicted octanol–water partition coefficient (Wildman–Crippen LogP) is 2.97. The molecule has 1 aliphatic heterocycles. The lowest BCUT2D eigenvalue weighted by Crippen LogP contribution is -2.03. The third-order valence-corrected chi connectivity index (χ3v) is 2.76. The summed E-state index contributed by atoms with van der Waals surface area (Å²) in [4.78, 5) is 5.38. The summed E-state index contributed by atoms with van der Waals surface area (Å²) in [6.07, 6.45) is 2.14. The normalized spacial score (nSPS) is 15.1. The van der Waals surface area contributed by atoms with Crippen LogP contribution in [0.15, 0.2) is 47.8 Å². The Labute approximate surface area is 100 Å². The van der Waals surface area contributed by atoms with Gasteiger partial charge in [0.15, 0.2) is 0 Å². The van der Waals surface area contributed by atoms with Gasteiger partial charge < -0.3 is 9.40 Å². The standard InChI is InChI=1S/C14H14N2O/c1-10(2)17-15-14-11-6-3-4-7-12(11)16-9-5-8-13(14)16/h3-10H,1-2H3. The maximum absolute atomic E-state index is 5.38. The highest BCUT2D eigenvalue weighted by Gasteiger charge is 2.24. The lowest BCUT2D eigenvalue weighted by molar-refractivity contribution is 0.0863. The van der Waals surface area contributed by atoms with Gasteiger partial charge in [0.1, 0.15) is 11.8 Å². The van der Waals surface area contributed by atoms with Gasteiger partial charge in [-0.3, -0.25) is 0 Å². The molecular formula is C14H14N2O. The summed E-state index contributed by atoms with van der Waals surface area (Å²) in [7, 11) is 0. The molecule has 86 valence electrons. The summed E-state index contributed by atoms with van der Waals surface area (Å²) < 4.78 is 2.14. The molecule has 0 spiro atoms. The van der Waals surface area contributed by atoms with Crippen LogP contribution in [-0.4, -0.2) is 16.4 Å². The third kappa shape index (κ3) is 1.55. The Morgan fingerprint density at radius 1 is 1.12 bits per heavy atom. The van der Waals surface area contributed by atoms with Gasteiger partial charge in [-0.1, -0.05) is 23.4 Å². The van der Waals surface area contributed by atoms with Crippen LogP contribution in [0.25, 0.3) is 5.69 Å². The Balaban J connectivity index is 2.14. The first kappa shape index (κ1) is 10.1. The van der Waals surface area contributed by atoms with Crippen LogP contribution in [0.4, 0.5) is 0 Å². The number of aromatic nitrogens is 1. The van der Waals surface area contributed by atoms with E-state index in [2.05, 4.69) is 27.9 Å². The molecule has 1 aromatic carbocycles. The highest BCUT2D eigenvalue weighted by Crippen LogP contribution is 2.28. The molecule has 2 aromatic rings. The van der Waals surface area contributed by atoms with Crippen LogP contribution in [0.2, 0.25) is 0 Å². The van der Waals surface area contributed by atoms with Gasteiger partial charge in [0.2, 0.25) is 0 Å². The van der Waals surface area contributed by atoms with Crippen LogP contribution in [0.3, 0.4) is 0 Å². The van der Waals surface area contributed by atoms with Crippen molar-refractivity contribution in [2.45, 2.75) is 20.0 Å². The molecule has 0 atom stereocenters. The zero-order valence-corrected chi connectivity index (χ0v) is 9.92. The van der Waals surface area contributed by atoms with Gasteiger partial charge in [-0.15, -0.1) is 0 Å². The second kappa shape index (κ2) is 3.77. The van der Waals surface area contributed by atoms with Crippen molar-refractivity contribution in [1.29, 1.82) is 0 Å². The van der Waals surface area contributed by atoms with Crippen LogP contribution in [0.5, 0.6) is 0 Å². The van der Waals surface area contributed by atoms with Crippen molar-refractivity contribution in [3.63, 3.8) is 0 Å². The fraction of sp³-hybridized carbons (Fsp3) is 0.214. The Hall–Kier alpha value is -2.03. The molecule has 0 bridgehead atoms. The van der Waals surface area contributed by atoms with Crippen LogP contribution in [0, 0.1) is 0 Å². The van der Waals surface area contributed by atoms with Crippen molar-refractivity contribution in [2.24, 2.45) is 5.16 Å². The number of benzene rings is 1. The molecule has 0 saturated carbocycles. The number of rotatable bonds is 2. The number of oxime groups is 1. The maximum atomic E-state index is 5.38. The van der Waals surface area contributed by atoms with Crippen LogP contribution in [0.1, 0.15) is 25.1 Å². The Bertz CT molecular complexity index is 581. The minimum atomic E-state index is 0.0960. The summed E-state index contributed by atoms with van der Waals surface area (Å²) >= 11 is 0. The van der Waals surface area contributed by atoms with E-state index in [1.54, 1.807) is 0 Å². The van der Waals surface area contributed by atoms with Gasteiger partial charge in [-0.2, -0.15) is 0 Å². The molecule has 3 rings (SSSR count). The molecule has 3 heteroatoms. The molecule has 0 aliphatic carbocycles. The van der Waals surface area contributed by atoms with Crippen LogP contribution in [-0.2, 0) is 4.84 Å². The van der Waals surface area contributed by atoms with Gasteiger partial charge in [0.25, 0.3) is 0 Å². The van der Waals surface area contributed by atoms with E-state index in [4.69, 9.17) is 4.84 Å². The molecule has 0 unspecified atom stereocenters. The molecule has 0 fully saturated rings. The lowest BCUT2D eigenvalue weighted by Gasteiger charge is -2.03.